The largest absolute Gasteiger partial charge is 0.613 e. The Kier molecular flexibility index (Phi) is 14.3. The van der Waals surface area contributed by atoms with Gasteiger partial charge in [0.15, 0.2) is 5.79 Å². The summed E-state index contributed by atoms with van der Waals surface area (Å²) in [6.45, 7) is 7.93. The third-order valence-corrected chi connectivity index (χ3v) is 5.31. The summed E-state index contributed by atoms with van der Waals surface area (Å²) in [4.78, 5) is 15.6. The van der Waals surface area contributed by atoms with Crippen LogP contribution < -0.4 is 5.09 Å². The highest BCUT2D eigenvalue weighted by Gasteiger charge is 2.32. The Morgan fingerprint density at radius 3 is 2.22 bits per heavy atom. The van der Waals surface area contributed by atoms with Crippen molar-refractivity contribution in [3.05, 3.63) is 60.4 Å². The van der Waals surface area contributed by atoms with Crippen molar-refractivity contribution in [2.45, 2.75) is 77.6 Å². The van der Waals surface area contributed by atoms with E-state index in [4.69, 9.17) is 29.3 Å². The molecule has 1 aliphatic heterocycles. The molecule has 1 aromatic heterocycles. The number of phenolic OH excluding ortho intramolecular Hbond substituents is 1. The number of hydrogen-bond acceptors (Lipinski definition) is 9. The molecule has 1 fully saturated rings. The van der Waals surface area contributed by atoms with E-state index in [1.165, 1.54) is 13.8 Å². The van der Waals surface area contributed by atoms with Crippen LogP contribution in [0.3, 0.4) is 0 Å². The molecule has 4 atom stereocenters. The number of benzene rings is 1. The molecule has 0 bridgehead atoms. The first-order chi connectivity index (χ1) is 16.8. The Morgan fingerprint density at radius 1 is 1.14 bits per heavy atom. The van der Waals surface area contributed by atoms with E-state index in [9.17, 15) is 9.36 Å². The second-order valence-electron chi connectivity index (χ2n) is 8.82. The maximum absolute atomic E-state index is 11.9. The Bertz CT molecular complexity index is 888. The molecule has 2 heterocycles. The van der Waals surface area contributed by atoms with E-state index < -0.39 is 26.0 Å². The summed E-state index contributed by atoms with van der Waals surface area (Å²) in [6, 6.07) is 11.9. The number of para-hydroxylation sites is 1. The number of esters is 1. The Labute approximate surface area is 213 Å². The fraction of sp³-hybridized carbons (Fsp3) is 0.520. The van der Waals surface area contributed by atoms with Gasteiger partial charge in [-0.25, -0.2) is 0 Å². The van der Waals surface area contributed by atoms with Crippen molar-refractivity contribution in [3.8, 4) is 5.75 Å². The lowest BCUT2D eigenvalue weighted by Gasteiger charge is -2.12. The smallest absolute Gasteiger partial charge is 0.508 e. The van der Waals surface area contributed by atoms with Crippen LogP contribution in [-0.4, -0.2) is 56.9 Å². The molecule has 1 aliphatic rings. The molecule has 36 heavy (non-hydrogen) atoms. The van der Waals surface area contributed by atoms with Gasteiger partial charge >= 0.3 is 14.1 Å². The standard InChI is InChI=1S/C16H24N2O5P.C6H6O.C3H8O2/c1-11(2)22-16(19)12(3)18-24(20)21-10-14-4-5-15(23-14)13-6-8-17-9-7-13;7-6-4-2-1-3-5-6;1-3(2,4)5/h6-9,11-12,14-15H,4-5,10H2,1-3H3,(H,18,20);1-5,7H;4-5H,1-2H3/q+1;;/t12-,14+,15-;;/m1../s1. The summed E-state index contributed by atoms with van der Waals surface area (Å²) in [5, 5.41) is 27.4. The molecule has 2 aromatic rings. The fourth-order valence-electron chi connectivity index (χ4n) is 2.81. The minimum absolute atomic E-state index is 0.0207. The minimum atomic E-state index is -2.15. The number of aromatic hydroxyl groups is 1. The average molecular weight is 526 g/mol. The number of nitrogens with one attached hydrogen (secondary N) is 1. The van der Waals surface area contributed by atoms with Gasteiger partial charge in [-0.15, -0.1) is 4.52 Å². The number of carbonyl (C=O) groups is 1. The maximum atomic E-state index is 11.9. The lowest BCUT2D eigenvalue weighted by molar-refractivity contribution is -0.149. The summed E-state index contributed by atoms with van der Waals surface area (Å²) >= 11 is 0. The monoisotopic (exact) mass is 525 g/mol. The minimum Gasteiger partial charge on any atom is -0.508 e. The molecule has 1 aromatic carbocycles. The maximum Gasteiger partial charge on any atom is 0.613 e. The number of rotatable bonds is 8. The number of ether oxygens (including phenoxy) is 2. The van der Waals surface area contributed by atoms with E-state index in [0.29, 0.717) is 5.75 Å². The number of phenols is 1. The average Bonchev–Trinajstić information content (AvgIpc) is 3.27. The van der Waals surface area contributed by atoms with E-state index >= 15 is 0 Å². The van der Waals surface area contributed by atoms with Crippen LogP contribution in [0.1, 0.15) is 59.1 Å². The van der Waals surface area contributed by atoms with E-state index in [-0.39, 0.29) is 24.9 Å². The van der Waals surface area contributed by atoms with Gasteiger partial charge in [0.1, 0.15) is 18.4 Å². The fourth-order valence-corrected chi connectivity index (χ4v) is 3.61. The normalized spacial score (nSPS) is 18.3. The van der Waals surface area contributed by atoms with Crippen molar-refractivity contribution in [2.75, 3.05) is 6.61 Å². The molecule has 10 nitrogen and oxygen atoms in total. The molecule has 11 heteroatoms. The van der Waals surface area contributed by atoms with Gasteiger partial charge in [0.2, 0.25) is 0 Å². The second kappa shape index (κ2) is 16.3. The van der Waals surface area contributed by atoms with Crippen LogP contribution in [0.2, 0.25) is 0 Å². The van der Waals surface area contributed by atoms with Crippen molar-refractivity contribution in [3.63, 3.8) is 0 Å². The molecule has 0 aliphatic carbocycles. The van der Waals surface area contributed by atoms with E-state index in [1.807, 2.05) is 18.2 Å². The first-order valence-corrected chi connectivity index (χ1v) is 12.8. The number of pyridine rings is 1. The molecule has 0 spiro atoms. The first-order valence-electron chi connectivity index (χ1n) is 11.7. The van der Waals surface area contributed by atoms with Gasteiger partial charge in [-0.3, -0.25) is 9.78 Å². The lowest BCUT2D eigenvalue weighted by atomic mass is 10.1. The summed E-state index contributed by atoms with van der Waals surface area (Å²) in [5.41, 5.74) is 1.08. The van der Waals surface area contributed by atoms with Crippen LogP contribution in [0.15, 0.2) is 54.9 Å². The highest BCUT2D eigenvalue weighted by atomic mass is 31.1. The van der Waals surface area contributed by atoms with E-state index in [1.54, 1.807) is 57.4 Å². The Balaban J connectivity index is 0.000000442. The van der Waals surface area contributed by atoms with Gasteiger partial charge in [-0.05, 0) is 81.9 Å². The number of aliphatic hydroxyl groups is 2. The molecule has 3 rings (SSSR count). The SMILES string of the molecule is CC(C)(O)O.CC(C)OC(=O)[C@@H](C)N[P+](=O)OC[C@@H]1CC[C@H](c2ccncc2)O1.Oc1ccccc1. The Morgan fingerprint density at radius 2 is 1.72 bits per heavy atom. The molecule has 0 radical (unpaired) electrons. The molecule has 0 amide bonds. The van der Waals surface area contributed by atoms with Crippen LogP contribution >= 0.6 is 8.18 Å². The van der Waals surface area contributed by atoms with Gasteiger partial charge in [-0.2, -0.15) is 0 Å². The summed E-state index contributed by atoms with van der Waals surface area (Å²) in [5.74, 6) is -1.63. The van der Waals surface area contributed by atoms with Gasteiger partial charge in [-0.1, -0.05) is 23.3 Å². The zero-order chi connectivity index (χ0) is 27.1. The summed E-state index contributed by atoms with van der Waals surface area (Å²) in [7, 11) is -2.15. The van der Waals surface area contributed by atoms with Crippen molar-refractivity contribution >= 4 is 14.1 Å². The first kappa shape index (κ1) is 31.6. The number of aromatic nitrogens is 1. The van der Waals surface area contributed by atoms with Crippen LogP contribution in [0.25, 0.3) is 0 Å². The van der Waals surface area contributed by atoms with Crippen molar-refractivity contribution in [2.24, 2.45) is 0 Å². The quantitative estimate of drug-likeness (QED) is 0.226. The van der Waals surface area contributed by atoms with Gasteiger partial charge in [0.25, 0.3) is 0 Å². The summed E-state index contributed by atoms with van der Waals surface area (Å²) in [6.07, 6.45) is 4.90. The molecule has 0 saturated carbocycles. The third kappa shape index (κ3) is 15.5. The van der Waals surface area contributed by atoms with E-state index in [2.05, 4.69) is 10.1 Å². The third-order valence-electron chi connectivity index (χ3n) is 4.32. The second-order valence-corrected chi connectivity index (χ2v) is 9.85. The highest BCUT2D eigenvalue weighted by molar-refractivity contribution is 7.36. The van der Waals surface area contributed by atoms with Crippen LogP contribution in [0, 0.1) is 0 Å². The lowest BCUT2D eigenvalue weighted by Crippen LogP contribution is -2.33. The topological polar surface area (TPSA) is 147 Å². The highest BCUT2D eigenvalue weighted by Crippen LogP contribution is 2.33. The molecule has 1 unspecified atom stereocenters. The van der Waals surface area contributed by atoms with Crippen LogP contribution in [0.4, 0.5) is 0 Å². The zero-order valence-electron chi connectivity index (χ0n) is 21.4. The van der Waals surface area contributed by atoms with Gasteiger partial charge < -0.3 is 24.8 Å². The van der Waals surface area contributed by atoms with Crippen molar-refractivity contribution in [1.82, 2.24) is 10.1 Å². The Hall–Kier alpha value is -2.46. The van der Waals surface area contributed by atoms with Gasteiger partial charge in [0, 0.05) is 12.4 Å². The predicted octanol–water partition coefficient (Wildman–Crippen LogP) is 4.00. The number of nitrogens with zero attached hydrogens (tertiary/aromatic N) is 1. The van der Waals surface area contributed by atoms with Gasteiger partial charge in [0.05, 0.1) is 18.3 Å². The van der Waals surface area contributed by atoms with E-state index in [0.717, 1.165) is 18.4 Å². The predicted molar refractivity (Wildman–Crippen MR) is 135 cm³/mol. The van der Waals surface area contributed by atoms with Crippen molar-refractivity contribution in [1.29, 1.82) is 0 Å². The van der Waals surface area contributed by atoms with Crippen LogP contribution in [-0.2, 0) is 23.4 Å². The number of hydrogen-bond donors (Lipinski definition) is 4. The molecular weight excluding hydrogens is 487 g/mol. The molecular formula is C25H38N2O8P+. The molecule has 200 valence electrons. The summed E-state index contributed by atoms with van der Waals surface area (Å²) < 4.78 is 28.1. The zero-order valence-corrected chi connectivity index (χ0v) is 22.3. The molecule has 4 N–H and O–H groups in total. The molecule has 1 saturated heterocycles. The van der Waals surface area contributed by atoms with Crippen molar-refractivity contribution < 1.29 is 38.7 Å². The van der Waals surface area contributed by atoms with Crippen LogP contribution in [0.5, 0.6) is 5.75 Å². The number of carbonyl (C=O) groups excluding carboxylic acids is 1.